The first kappa shape index (κ1) is 23.6. The first-order valence-electron chi connectivity index (χ1n) is 9.70. The summed E-state index contributed by atoms with van der Waals surface area (Å²) in [5, 5.41) is 14.9. The van der Waals surface area contributed by atoms with E-state index >= 15 is 0 Å². The summed E-state index contributed by atoms with van der Waals surface area (Å²) in [7, 11) is 1.56. The molecule has 2 aromatic heterocycles. The highest BCUT2D eigenvalue weighted by molar-refractivity contribution is 6.30. The Labute approximate surface area is 187 Å². The third-order valence-electron chi connectivity index (χ3n) is 4.60. The number of hydrogen-bond donors (Lipinski definition) is 3. The number of amides is 1. The van der Waals surface area contributed by atoms with Crippen LogP contribution in [0.1, 0.15) is 28.2 Å². The van der Waals surface area contributed by atoms with Crippen molar-refractivity contribution in [2.75, 3.05) is 25.5 Å². The molecule has 0 atom stereocenters. The number of aliphatic hydroxyl groups is 1. The van der Waals surface area contributed by atoms with E-state index in [-0.39, 0.29) is 42.6 Å². The topological polar surface area (TPSA) is 92.1 Å². The summed E-state index contributed by atoms with van der Waals surface area (Å²) in [4.78, 5) is 21.6. The smallest absolute Gasteiger partial charge is 0.396 e. The number of imidazole rings is 1. The van der Waals surface area contributed by atoms with Crippen molar-refractivity contribution >= 4 is 23.3 Å². The van der Waals surface area contributed by atoms with Gasteiger partial charge in [0.25, 0.3) is 5.91 Å². The monoisotopic (exact) mass is 467 g/mol. The summed E-state index contributed by atoms with van der Waals surface area (Å²) in [5.74, 6) is -0.111. The second kappa shape index (κ2) is 10.0. The van der Waals surface area contributed by atoms with Gasteiger partial charge in [0.15, 0.2) is 11.5 Å². The number of hydrogen-bond acceptors (Lipinski definition) is 5. The van der Waals surface area contributed by atoms with Crippen LogP contribution in [0, 0.1) is 0 Å². The van der Waals surface area contributed by atoms with Gasteiger partial charge in [0, 0.05) is 32.0 Å². The first-order valence-corrected chi connectivity index (χ1v) is 10.1. The zero-order chi connectivity index (χ0) is 23.3. The first-order chi connectivity index (χ1) is 15.2. The van der Waals surface area contributed by atoms with Gasteiger partial charge in [-0.15, -0.1) is 0 Å². The van der Waals surface area contributed by atoms with E-state index in [1.807, 2.05) is 0 Å². The summed E-state index contributed by atoms with van der Waals surface area (Å²) in [6.45, 7) is 0.199. The number of aromatic nitrogens is 3. The number of alkyl halides is 3. The fourth-order valence-corrected chi connectivity index (χ4v) is 3.20. The molecular formula is C21H21ClF3N5O2. The largest absolute Gasteiger partial charge is 0.416 e. The molecule has 3 aromatic rings. The van der Waals surface area contributed by atoms with E-state index in [0.29, 0.717) is 17.1 Å². The number of carbonyl (C=O) groups is 1. The lowest BCUT2D eigenvalue weighted by atomic mass is 10.1. The Kier molecular flexibility index (Phi) is 7.37. The lowest BCUT2D eigenvalue weighted by Gasteiger charge is -2.14. The van der Waals surface area contributed by atoms with Crippen molar-refractivity contribution in [2.24, 2.45) is 0 Å². The molecule has 0 aliphatic rings. The van der Waals surface area contributed by atoms with E-state index in [1.165, 1.54) is 22.9 Å². The number of aliphatic hydroxyl groups excluding tert-OH is 1. The highest BCUT2D eigenvalue weighted by atomic mass is 35.5. The van der Waals surface area contributed by atoms with E-state index in [4.69, 9.17) is 16.7 Å². The molecule has 11 heteroatoms. The maximum Gasteiger partial charge on any atom is 0.416 e. The van der Waals surface area contributed by atoms with Crippen LogP contribution in [0.5, 0.6) is 0 Å². The van der Waals surface area contributed by atoms with Gasteiger partial charge in [-0.1, -0.05) is 23.7 Å². The quantitative estimate of drug-likeness (QED) is 0.438. The molecule has 0 aliphatic heterocycles. The summed E-state index contributed by atoms with van der Waals surface area (Å²) in [5.41, 5.74) is 0.0375. The van der Waals surface area contributed by atoms with Gasteiger partial charge in [0.05, 0.1) is 22.8 Å². The third kappa shape index (κ3) is 5.38. The molecule has 0 saturated heterocycles. The molecule has 0 aliphatic carbocycles. The second-order valence-electron chi connectivity index (χ2n) is 6.85. The van der Waals surface area contributed by atoms with Crippen LogP contribution >= 0.6 is 11.6 Å². The molecular weight excluding hydrogens is 447 g/mol. The average Bonchev–Trinajstić information content (AvgIpc) is 3.13. The molecule has 1 amide bonds. The lowest BCUT2D eigenvalue weighted by Crippen LogP contribution is -2.28. The van der Waals surface area contributed by atoms with Crippen LogP contribution < -0.4 is 10.6 Å². The van der Waals surface area contributed by atoms with Crippen molar-refractivity contribution in [1.29, 1.82) is 0 Å². The summed E-state index contributed by atoms with van der Waals surface area (Å²) < 4.78 is 41.3. The highest BCUT2D eigenvalue weighted by Crippen LogP contribution is 2.33. The zero-order valence-electron chi connectivity index (χ0n) is 17.1. The minimum absolute atomic E-state index is 0.0696. The molecule has 3 N–H and O–H groups in total. The van der Waals surface area contributed by atoms with Gasteiger partial charge in [0.2, 0.25) is 0 Å². The summed E-state index contributed by atoms with van der Waals surface area (Å²) in [6, 6.07) is 8.03. The van der Waals surface area contributed by atoms with E-state index in [0.717, 1.165) is 12.1 Å². The molecule has 0 spiro atoms. The van der Waals surface area contributed by atoms with Gasteiger partial charge >= 0.3 is 6.18 Å². The molecule has 3 rings (SSSR count). The Morgan fingerprint density at radius 2 is 2.03 bits per heavy atom. The standard InChI is InChI=1S/C21H21ClF3N5O2/c1-26-18-17(20(32)27-8-3-9-31)30(12-16-7-6-15(22)11-28-16)19(29-18)13-4-2-5-14(10-13)21(23,24)25/h2,4-7,10-11,26,31H,3,8-9,12H2,1H3,(H,27,32). The maximum atomic E-state index is 13.3. The molecule has 0 bridgehead atoms. The second-order valence-corrected chi connectivity index (χ2v) is 7.28. The predicted molar refractivity (Wildman–Crippen MR) is 115 cm³/mol. The molecule has 170 valence electrons. The molecule has 32 heavy (non-hydrogen) atoms. The molecule has 0 fully saturated rings. The molecule has 0 unspecified atom stereocenters. The lowest BCUT2D eigenvalue weighted by molar-refractivity contribution is -0.137. The fraction of sp³-hybridized carbons (Fsp3) is 0.286. The summed E-state index contributed by atoms with van der Waals surface area (Å²) >= 11 is 5.90. The number of nitrogens with one attached hydrogen (secondary N) is 2. The number of pyridine rings is 1. The van der Waals surface area contributed by atoms with Crippen molar-refractivity contribution in [2.45, 2.75) is 19.1 Å². The van der Waals surface area contributed by atoms with E-state index in [2.05, 4.69) is 20.6 Å². The Morgan fingerprint density at radius 3 is 2.66 bits per heavy atom. The van der Waals surface area contributed by atoms with Gasteiger partial charge in [0.1, 0.15) is 5.82 Å². The minimum Gasteiger partial charge on any atom is -0.396 e. The van der Waals surface area contributed by atoms with Crippen LogP contribution in [0.4, 0.5) is 19.0 Å². The van der Waals surface area contributed by atoms with Crippen molar-refractivity contribution in [3.8, 4) is 11.4 Å². The normalized spacial score (nSPS) is 11.4. The Morgan fingerprint density at radius 1 is 1.25 bits per heavy atom. The SMILES string of the molecule is CNc1nc(-c2cccc(C(F)(F)F)c2)n(Cc2ccc(Cl)cn2)c1C(=O)NCCCO. The fourth-order valence-electron chi connectivity index (χ4n) is 3.09. The number of anilines is 1. The summed E-state index contributed by atoms with van der Waals surface area (Å²) in [6.07, 6.45) is -2.73. The van der Waals surface area contributed by atoms with Gasteiger partial charge in [-0.3, -0.25) is 9.78 Å². The minimum atomic E-state index is -4.53. The van der Waals surface area contributed by atoms with E-state index in [9.17, 15) is 18.0 Å². The molecule has 0 saturated carbocycles. The zero-order valence-corrected chi connectivity index (χ0v) is 17.8. The molecule has 1 aromatic carbocycles. The van der Waals surface area contributed by atoms with Crippen LogP contribution in [-0.4, -0.2) is 45.7 Å². The van der Waals surface area contributed by atoms with Crippen molar-refractivity contribution < 1.29 is 23.1 Å². The number of halogens is 4. The van der Waals surface area contributed by atoms with E-state index < -0.39 is 17.6 Å². The molecule has 2 heterocycles. The Bertz CT molecular complexity index is 1080. The van der Waals surface area contributed by atoms with E-state index in [1.54, 1.807) is 19.2 Å². The number of benzene rings is 1. The number of carbonyl (C=O) groups excluding carboxylic acids is 1. The Balaban J connectivity index is 2.13. The van der Waals surface area contributed by atoms with Crippen LogP contribution in [-0.2, 0) is 12.7 Å². The molecule has 0 radical (unpaired) electrons. The third-order valence-corrected chi connectivity index (χ3v) is 4.82. The van der Waals surface area contributed by atoms with Crippen molar-refractivity contribution in [3.63, 3.8) is 0 Å². The van der Waals surface area contributed by atoms with Crippen LogP contribution in [0.15, 0.2) is 42.6 Å². The van der Waals surface area contributed by atoms with Crippen molar-refractivity contribution in [1.82, 2.24) is 19.9 Å². The van der Waals surface area contributed by atoms with Crippen LogP contribution in [0.3, 0.4) is 0 Å². The maximum absolute atomic E-state index is 13.3. The van der Waals surface area contributed by atoms with Crippen molar-refractivity contribution in [3.05, 3.63) is 64.6 Å². The van der Waals surface area contributed by atoms with Gasteiger partial charge in [-0.2, -0.15) is 13.2 Å². The van der Waals surface area contributed by atoms with Crippen LogP contribution in [0.2, 0.25) is 5.02 Å². The average molecular weight is 468 g/mol. The number of rotatable bonds is 8. The van der Waals surface area contributed by atoms with Crippen LogP contribution in [0.25, 0.3) is 11.4 Å². The van der Waals surface area contributed by atoms with Gasteiger partial charge in [-0.25, -0.2) is 4.98 Å². The predicted octanol–water partition coefficient (Wildman–Crippen LogP) is 3.82. The van der Waals surface area contributed by atoms with Gasteiger partial charge < -0.3 is 20.3 Å². The van der Waals surface area contributed by atoms with Gasteiger partial charge in [-0.05, 0) is 30.7 Å². The molecule has 7 nitrogen and oxygen atoms in total. The highest BCUT2D eigenvalue weighted by Gasteiger charge is 2.31. The Hall–Kier alpha value is -3.11. The number of nitrogens with zero attached hydrogens (tertiary/aromatic N) is 3.